The van der Waals surface area contributed by atoms with Crippen LogP contribution >= 0.6 is 0 Å². The predicted octanol–water partition coefficient (Wildman–Crippen LogP) is 3.56. The average molecular weight is 408 g/mol. The van der Waals surface area contributed by atoms with E-state index in [1.54, 1.807) is 0 Å². The first-order valence-corrected chi connectivity index (χ1v) is 10.4. The molecule has 0 N–H and O–H groups in total. The van der Waals surface area contributed by atoms with Gasteiger partial charge in [0, 0.05) is 12.8 Å². The molecule has 7 heteroatoms. The van der Waals surface area contributed by atoms with E-state index >= 15 is 0 Å². The maximum absolute atomic E-state index is 12.1. The Morgan fingerprint density at radius 2 is 1.48 bits per heavy atom. The molecule has 2 fully saturated rings. The van der Waals surface area contributed by atoms with E-state index in [0.717, 1.165) is 31.6 Å². The van der Waals surface area contributed by atoms with Gasteiger partial charge in [-0.2, -0.15) is 0 Å². The number of hydrogen-bond donors (Lipinski definition) is 0. The zero-order valence-electron chi connectivity index (χ0n) is 17.9. The summed E-state index contributed by atoms with van der Waals surface area (Å²) in [5.74, 6) is -0.157. The zero-order chi connectivity index (χ0) is 22.0. The van der Waals surface area contributed by atoms with Crippen molar-refractivity contribution in [2.45, 2.75) is 79.1 Å². The summed E-state index contributed by atoms with van der Waals surface area (Å²) in [7, 11) is 0. The fourth-order valence-corrected chi connectivity index (χ4v) is 3.43. The van der Waals surface area contributed by atoms with Gasteiger partial charge in [-0.15, -0.1) is 5.06 Å². The van der Waals surface area contributed by atoms with E-state index < -0.39 is 17.8 Å². The molecular formula is C22H33NO6. The van der Waals surface area contributed by atoms with Crippen LogP contribution < -0.4 is 0 Å². The SMILES string of the molecule is CC(=O)/C=C\C(C)=O.CCC(C)CC1CCC(C(=O)ON2C(=O)CCC2=O)CC1. The summed E-state index contributed by atoms with van der Waals surface area (Å²) >= 11 is 0. The van der Waals surface area contributed by atoms with Crippen molar-refractivity contribution < 1.29 is 28.8 Å². The maximum atomic E-state index is 12.1. The fraction of sp³-hybridized carbons (Fsp3) is 0.682. The topological polar surface area (TPSA) is 97.8 Å². The summed E-state index contributed by atoms with van der Waals surface area (Å²) in [5.41, 5.74) is 0. The van der Waals surface area contributed by atoms with Crippen molar-refractivity contribution in [3.05, 3.63) is 12.2 Å². The monoisotopic (exact) mass is 407 g/mol. The molecule has 7 nitrogen and oxygen atoms in total. The number of hydroxylamine groups is 2. The standard InChI is InChI=1S/C16H25NO4.C6H8O2/c1-3-11(2)10-12-4-6-13(7-5-12)16(20)21-17-14(18)8-9-15(17)19;1-5(7)3-4-6(2)8/h11-13H,3-10H2,1-2H3;3-4H,1-2H3/b;4-3-. The van der Waals surface area contributed by atoms with E-state index in [9.17, 15) is 24.0 Å². The molecule has 2 aliphatic rings. The van der Waals surface area contributed by atoms with Crippen LogP contribution in [0.4, 0.5) is 0 Å². The van der Waals surface area contributed by atoms with E-state index in [1.807, 2.05) is 0 Å². The Labute approximate surface area is 172 Å². The summed E-state index contributed by atoms with van der Waals surface area (Å²) < 4.78 is 0. The minimum atomic E-state index is -0.416. The first-order chi connectivity index (χ1) is 13.6. The third kappa shape index (κ3) is 9.15. The molecule has 2 rings (SSSR count). The van der Waals surface area contributed by atoms with Gasteiger partial charge < -0.3 is 4.84 Å². The van der Waals surface area contributed by atoms with Gasteiger partial charge in [0.05, 0.1) is 5.92 Å². The number of carbonyl (C=O) groups is 5. The van der Waals surface area contributed by atoms with Crippen LogP contribution in [0.1, 0.15) is 79.1 Å². The normalized spacial score (nSPS) is 22.8. The Kier molecular flexibility index (Phi) is 10.5. The van der Waals surface area contributed by atoms with Crippen molar-refractivity contribution in [3.63, 3.8) is 0 Å². The van der Waals surface area contributed by atoms with Crippen LogP contribution in [0, 0.1) is 17.8 Å². The number of hydrogen-bond acceptors (Lipinski definition) is 6. The second-order valence-electron chi connectivity index (χ2n) is 8.01. The number of imide groups is 1. The molecule has 0 aromatic heterocycles. The summed E-state index contributed by atoms with van der Waals surface area (Å²) in [5, 5.41) is 0.660. The molecule has 162 valence electrons. The van der Waals surface area contributed by atoms with Crippen molar-refractivity contribution >= 4 is 29.4 Å². The Hall–Kier alpha value is -2.31. The Bertz CT molecular complexity index is 614. The second-order valence-corrected chi connectivity index (χ2v) is 8.01. The number of carbonyl (C=O) groups excluding carboxylic acids is 5. The predicted molar refractivity (Wildman–Crippen MR) is 107 cm³/mol. The lowest BCUT2D eigenvalue weighted by atomic mass is 9.78. The number of allylic oxidation sites excluding steroid dienone is 2. The van der Waals surface area contributed by atoms with Crippen molar-refractivity contribution in [1.29, 1.82) is 0 Å². The van der Waals surface area contributed by atoms with E-state index in [-0.39, 0.29) is 30.3 Å². The lowest BCUT2D eigenvalue weighted by Gasteiger charge is -2.29. The van der Waals surface area contributed by atoms with Gasteiger partial charge in [0.1, 0.15) is 0 Å². The summed E-state index contributed by atoms with van der Waals surface area (Å²) in [6.07, 6.45) is 8.89. The summed E-state index contributed by atoms with van der Waals surface area (Å²) in [4.78, 5) is 60.2. The summed E-state index contributed by atoms with van der Waals surface area (Å²) in [6.45, 7) is 7.28. The molecule has 1 saturated heterocycles. The zero-order valence-corrected chi connectivity index (χ0v) is 17.9. The quantitative estimate of drug-likeness (QED) is 0.473. The molecule has 0 aromatic carbocycles. The van der Waals surface area contributed by atoms with Crippen molar-refractivity contribution in [1.82, 2.24) is 5.06 Å². The molecular weight excluding hydrogens is 374 g/mol. The van der Waals surface area contributed by atoms with Gasteiger partial charge in [-0.25, -0.2) is 4.79 Å². The lowest BCUT2D eigenvalue weighted by molar-refractivity contribution is -0.201. The smallest absolute Gasteiger partial charge is 0.330 e. The first-order valence-electron chi connectivity index (χ1n) is 10.4. The van der Waals surface area contributed by atoms with Crippen LogP contribution in [-0.4, -0.2) is 34.4 Å². The van der Waals surface area contributed by atoms with Gasteiger partial charge in [0.15, 0.2) is 11.6 Å². The number of nitrogens with zero attached hydrogens (tertiary/aromatic N) is 1. The van der Waals surface area contributed by atoms with Gasteiger partial charge >= 0.3 is 5.97 Å². The average Bonchev–Trinajstić information content (AvgIpc) is 2.99. The van der Waals surface area contributed by atoms with E-state index in [1.165, 1.54) is 38.8 Å². The maximum Gasteiger partial charge on any atom is 0.336 e. The van der Waals surface area contributed by atoms with Crippen LogP contribution in [0.15, 0.2) is 12.2 Å². The number of rotatable bonds is 7. The molecule has 1 aliphatic heterocycles. The number of ketones is 2. The largest absolute Gasteiger partial charge is 0.336 e. The third-order valence-electron chi connectivity index (χ3n) is 5.35. The van der Waals surface area contributed by atoms with Gasteiger partial charge in [-0.3, -0.25) is 19.2 Å². The van der Waals surface area contributed by atoms with Gasteiger partial charge in [0.2, 0.25) is 0 Å². The molecule has 2 amide bonds. The van der Waals surface area contributed by atoms with Gasteiger partial charge in [-0.1, -0.05) is 20.3 Å². The fourth-order valence-electron chi connectivity index (χ4n) is 3.43. The third-order valence-corrected chi connectivity index (χ3v) is 5.35. The van der Waals surface area contributed by atoms with Gasteiger partial charge in [0.25, 0.3) is 11.8 Å². The molecule has 0 radical (unpaired) electrons. The van der Waals surface area contributed by atoms with Crippen molar-refractivity contribution in [3.8, 4) is 0 Å². The molecule has 1 saturated carbocycles. The van der Waals surface area contributed by atoms with Crippen LogP contribution in [0.2, 0.25) is 0 Å². The minimum Gasteiger partial charge on any atom is -0.330 e. The first kappa shape index (κ1) is 24.7. The second kappa shape index (κ2) is 12.3. The number of amides is 2. The van der Waals surface area contributed by atoms with E-state index in [2.05, 4.69) is 13.8 Å². The molecule has 1 unspecified atom stereocenters. The highest BCUT2D eigenvalue weighted by Crippen LogP contribution is 2.34. The molecule has 0 bridgehead atoms. The molecule has 0 spiro atoms. The van der Waals surface area contributed by atoms with Crippen LogP contribution in [0.3, 0.4) is 0 Å². The van der Waals surface area contributed by atoms with Crippen molar-refractivity contribution in [2.75, 3.05) is 0 Å². The summed E-state index contributed by atoms with van der Waals surface area (Å²) in [6, 6.07) is 0. The van der Waals surface area contributed by atoms with Crippen LogP contribution in [-0.2, 0) is 28.8 Å². The van der Waals surface area contributed by atoms with E-state index in [4.69, 9.17) is 4.84 Å². The highest BCUT2D eigenvalue weighted by Gasteiger charge is 2.36. The molecule has 1 aliphatic carbocycles. The van der Waals surface area contributed by atoms with Crippen LogP contribution in [0.25, 0.3) is 0 Å². The van der Waals surface area contributed by atoms with E-state index in [0.29, 0.717) is 11.0 Å². The molecule has 1 atom stereocenters. The highest BCUT2D eigenvalue weighted by atomic mass is 16.7. The Morgan fingerprint density at radius 3 is 1.90 bits per heavy atom. The molecule has 1 heterocycles. The Balaban J connectivity index is 0.000000447. The molecule has 0 aromatic rings. The highest BCUT2D eigenvalue weighted by molar-refractivity contribution is 6.01. The Morgan fingerprint density at radius 1 is 1.00 bits per heavy atom. The minimum absolute atomic E-state index is 0.0970. The van der Waals surface area contributed by atoms with Gasteiger partial charge in [-0.05, 0) is 69.9 Å². The lowest BCUT2D eigenvalue weighted by Crippen LogP contribution is -2.35. The van der Waals surface area contributed by atoms with Crippen molar-refractivity contribution in [2.24, 2.45) is 17.8 Å². The molecule has 29 heavy (non-hydrogen) atoms. The van der Waals surface area contributed by atoms with Crippen LogP contribution in [0.5, 0.6) is 0 Å².